The van der Waals surface area contributed by atoms with Gasteiger partial charge in [0.1, 0.15) is 0 Å². The number of piperidine rings is 1. The molecule has 1 aliphatic heterocycles. The van der Waals surface area contributed by atoms with Gasteiger partial charge in [-0.05, 0) is 60.7 Å². The first kappa shape index (κ1) is 18.4. The van der Waals surface area contributed by atoms with Gasteiger partial charge in [-0.25, -0.2) is 13.1 Å². The van der Waals surface area contributed by atoms with Crippen LogP contribution in [0.4, 0.5) is 5.69 Å². The van der Waals surface area contributed by atoms with Crippen molar-refractivity contribution in [1.29, 1.82) is 0 Å². The summed E-state index contributed by atoms with van der Waals surface area (Å²) in [7, 11) is -3.49. The number of anilines is 1. The normalized spacial score (nSPS) is 18.3. The summed E-state index contributed by atoms with van der Waals surface area (Å²) in [5.74, 6) is 0.728. The van der Waals surface area contributed by atoms with Crippen molar-refractivity contribution in [2.45, 2.75) is 31.2 Å². The van der Waals surface area contributed by atoms with Gasteiger partial charge in [0.05, 0.1) is 4.90 Å². The summed E-state index contributed by atoms with van der Waals surface area (Å²) in [5.41, 5.74) is 2.17. The maximum Gasteiger partial charge on any atom is 0.240 e. The van der Waals surface area contributed by atoms with Crippen LogP contribution in [0.5, 0.6) is 0 Å². The summed E-state index contributed by atoms with van der Waals surface area (Å²) in [5, 5.41) is 0. The number of nitrogens with zero attached hydrogens (tertiary/aromatic N) is 1. The second-order valence-electron chi connectivity index (χ2n) is 6.64. The molecular weight excluding hydrogens is 400 g/mol. The van der Waals surface area contributed by atoms with E-state index < -0.39 is 10.0 Å². The largest absolute Gasteiger partial charge is 0.371 e. The molecule has 1 unspecified atom stereocenters. The highest BCUT2D eigenvalue weighted by Crippen LogP contribution is 2.23. The Morgan fingerprint density at radius 2 is 1.80 bits per heavy atom. The van der Waals surface area contributed by atoms with Crippen LogP contribution in [0.1, 0.15) is 25.3 Å². The molecule has 4 nitrogen and oxygen atoms in total. The highest BCUT2D eigenvalue weighted by atomic mass is 79.9. The van der Waals surface area contributed by atoms with Crippen LogP contribution in [0.3, 0.4) is 0 Å². The van der Waals surface area contributed by atoms with Crippen molar-refractivity contribution in [3.63, 3.8) is 0 Å². The molecule has 1 atom stereocenters. The van der Waals surface area contributed by atoms with Crippen LogP contribution in [-0.2, 0) is 16.6 Å². The van der Waals surface area contributed by atoms with Crippen LogP contribution in [0.25, 0.3) is 0 Å². The van der Waals surface area contributed by atoms with Gasteiger partial charge in [0.25, 0.3) is 0 Å². The van der Waals surface area contributed by atoms with Crippen molar-refractivity contribution < 1.29 is 8.42 Å². The third-order valence-electron chi connectivity index (χ3n) is 4.55. The lowest BCUT2D eigenvalue weighted by molar-refractivity contribution is 0.447. The van der Waals surface area contributed by atoms with E-state index in [-0.39, 0.29) is 11.4 Å². The van der Waals surface area contributed by atoms with Crippen molar-refractivity contribution in [1.82, 2.24) is 4.72 Å². The SMILES string of the molecule is CC1CCCN(c2ccc(CNS(=O)(=O)c3ccc(Br)cc3)cc2)C1. The lowest BCUT2D eigenvalue weighted by Crippen LogP contribution is -2.34. The van der Waals surface area contributed by atoms with E-state index in [0.717, 1.165) is 29.0 Å². The molecule has 0 aromatic heterocycles. The van der Waals surface area contributed by atoms with Gasteiger partial charge in [-0.2, -0.15) is 0 Å². The van der Waals surface area contributed by atoms with Crippen LogP contribution in [-0.4, -0.2) is 21.5 Å². The molecule has 2 aromatic rings. The molecule has 25 heavy (non-hydrogen) atoms. The summed E-state index contributed by atoms with van der Waals surface area (Å²) in [4.78, 5) is 2.68. The molecule has 0 aliphatic carbocycles. The average molecular weight is 423 g/mol. The molecule has 3 rings (SSSR count). The molecule has 1 aliphatic rings. The van der Waals surface area contributed by atoms with Crippen LogP contribution < -0.4 is 9.62 Å². The third-order valence-corrected chi connectivity index (χ3v) is 6.49. The second kappa shape index (κ2) is 7.89. The number of hydrogen-bond donors (Lipinski definition) is 1. The van der Waals surface area contributed by atoms with Gasteiger partial charge in [0.15, 0.2) is 0 Å². The number of halogens is 1. The first-order valence-corrected chi connectivity index (χ1v) is 10.8. The van der Waals surface area contributed by atoms with E-state index in [9.17, 15) is 8.42 Å². The Morgan fingerprint density at radius 1 is 1.12 bits per heavy atom. The molecule has 0 saturated carbocycles. The molecule has 1 saturated heterocycles. The Bertz CT molecular complexity index is 804. The van der Waals surface area contributed by atoms with Gasteiger partial charge in [0.2, 0.25) is 10.0 Å². The monoisotopic (exact) mass is 422 g/mol. The number of nitrogens with one attached hydrogen (secondary N) is 1. The van der Waals surface area contributed by atoms with Crippen molar-refractivity contribution in [3.8, 4) is 0 Å². The summed E-state index contributed by atoms with van der Waals surface area (Å²) in [6.45, 7) is 4.77. The van der Waals surface area contributed by atoms with E-state index in [2.05, 4.69) is 44.6 Å². The number of rotatable bonds is 5. The minimum Gasteiger partial charge on any atom is -0.371 e. The molecule has 1 N–H and O–H groups in total. The van der Waals surface area contributed by atoms with Crippen molar-refractivity contribution in [3.05, 3.63) is 58.6 Å². The average Bonchev–Trinajstić information content (AvgIpc) is 2.61. The zero-order valence-corrected chi connectivity index (χ0v) is 16.7. The fourth-order valence-electron chi connectivity index (χ4n) is 3.12. The minimum absolute atomic E-state index is 0.273. The molecule has 134 valence electrons. The molecule has 0 bridgehead atoms. The molecule has 1 fully saturated rings. The first-order valence-electron chi connectivity index (χ1n) is 8.53. The topological polar surface area (TPSA) is 49.4 Å². The standard InChI is InChI=1S/C19H23BrN2O2S/c1-15-3-2-12-22(14-15)18-8-4-16(5-9-18)13-21-25(23,24)19-10-6-17(20)7-11-19/h4-11,15,21H,2-3,12-14H2,1H3. The maximum absolute atomic E-state index is 12.3. The Hall–Kier alpha value is -1.37. The minimum atomic E-state index is -3.49. The maximum atomic E-state index is 12.3. The highest BCUT2D eigenvalue weighted by Gasteiger charge is 2.17. The predicted molar refractivity (Wildman–Crippen MR) is 105 cm³/mol. The smallest absolute Gasteiger partial charge is 0.240 e. The molecule has 1 heterocycles. The van der Waals surface area contributed by atoms with Gasteiger partial charge >= 0.3 is 0 Å². The van der Waals surface area contributed by atoms with E-state index >= 15 is 0 Å². The molecule has 0 radical (unpaired) electrons. The molecule has 2 aromatic carbocycles. The Kier molecular flexibility index (Phi) is 5.81. The van der Waals surface area contributed by atoms with E-state index in [1.807, 2.05) is 12.1 Å². The van der Waals surface area contributed by atoms with Crippen molar-refractivity contribution >= 4 is 31.6 Å². The first-order chi connectivity index (χ1) is 11.9. The van der Waals surface area contributed by atoms with E-state index in [4.69, 9.17) is 0 Å². The fraction of sp³-hybridized carbons (Fsp3) is 0.368. The number of benzene rings is 2. The summed E-state index contributed by atoms with van der Waals surface area (Å²) in [6.07, 6.45) is 2.53. The lowest BCUT2D eigenvalue weighted by Gasteiger charge is -2.32. The lowest BCUT2D eigenvalue weighted by atomic mass is 9.99. The van der Waals surface area contributed by atoms with Crippen LogP contribution in [0, 0.1) is 5.92 Å². The molecule has 6 heteroatoms. The van der Waals surface area contributed by atoms with Crippen molar-refractivity contribution in [2.24, 2.45) is 5.92 Å². The van der Waals surface area contributed by atoms with Gasteiger partial charge in [-0.15, -0.1) is 0 Å². The van der Waals surface area contributed by atoms with Crippen LogP contribution >= 0.6 is 15.9 Å². The predicted octanol–water partition coefficient (Wildman–Crippen LogP) is 4.16. The summed E-state index contributed by atoms with van der Waals surface area (Å²) < 4.78 is 28.2. The number of sulfonamides is 1. The number of hydrogen-bond acceptors (Lipinski definition) is 3. The van der Waals surface area contributed by atoms with Gasteiger partial charge in [-0.1, -0.05) is 35.0 Å². The van der Waals surface area contributed by atoms with Crippen LogP contribution in [0.2, 0.25) is 0 Å². The quantitative estimate of drug-likeness (QED) is 0.786. The zero-order valence-electron chi connectivity index (χ0n) is 14.3. The second-order valence-corrected chi connectivity index (χ2v) is 9.32. The summed E-state index contributed by atoms with van der Waals surface area (Å²) in [6, 6.07) is 14.8. The Labute approximate surface area is 158 Å². The van der Waals surface area contributed by atoms with Gasteiger partial charge in [0, 0.05) is 29.8 Å². The third kappa shape index (κ3) is 4.84. The zero-order chi connectivity index (χ0) is 17.9. The van der Waals surface area contributed by atoms with E-state index in [1.54, 1.807) is 24.3 Å². The van der Waals surface area contributed by atoms with Crippen molar-refractivity contribution in [2.75, 3.05) is 18.0 Å². The molecule has 0 amide bonds. The Morgan fingerprint density at radius 3 is 2.44 bits per heavy atom. The van der Waals surface area contributed by atoms with E-state index in [0.29, 0.717) is 0 Å². The molecule has 0 spiro atoms. The van der Waals surface area contributed by atoms with E-state index in [1.165, 1.54) is 18.5 Å². The van der Waals surface area contributed by atoms with Gasteiger partial charge in [-0.3, -0.25) is 0 Å². The van der Waals surface area contributed by atoms with Crippen LogP contribution in [0.15, 0.2) is 57.9 Å². The highest BCUT2D eigenvalue weighted by molar-refractivity contribution is 9.10. The fourth-order valence-corrected chi connectivity index (χ4v) is 4.41. The molecular formula is C19H23BrN2O2S. The summed E-state index contributed by atoms with van der Waals surface area (Å²) >= 11 is 3.31. The Balaban J connectivity index is 1.62. The van der Waals surface area contributed by atoms with Gasteiger partial charge < -0.3 is 4.90 Å².